The molecule has 0 saturated heterocycles. The number of phenols is 1. The first kappa shape index (κ1) is 36.2. The molecule has 5 aromatic carbocycles. The van der Waals surface area contributed by atoms with E-state index in [1.807, 2.05) is 26.8 Å². The number of aromatic hydroxyl groups is 1. The molecule has 0 aliphatic rings. The highest BCUT2D eigenvalue weighted by Crippen LogP contribution is 2.34. The molecule has 0 unspecified atom stereocenters. The summed E-state index contributed by atoms with van der Waals surface area (Å²) >= 11 is 6.30. The maximum absolute atomic E-state index is 13.6. The fraction of sp³-hybridized carbons (Fsp3) is 0.167. The number of carbonyl (C=O) groups excluding carboxylic acids is 1. The predicted octanol–water partition coefficient (Wildman–Crippen LogP) is 7.63. The summed E-state index contributed by atoms with van der Waals surface area (Å²) in [4.78, 5) is 25.1. The first-order valence-corrected chi connectivity index (χ1v) is 18.4. The first-order valence-electron chi connectivity index (χ1n) is 15.1. The Morgan fingerprint density at radius 3 is 1.94 bits per heavy atom. The molecule has 0 aliphatic heterocycles. The van der Waals surface area contributed by atoms with E-state index in [-0.39, 0.29) is 31.6 Å². The lowest BCUT2D eigenvalue weighted by molar-refractivity contribution is 0.0681. The van der Waals surface area contributed by atoms with E-state index >= 15 is 0 Å². The number of anilines is 2. The molecule has 0 amide bonds. The average molecular weight is 737 g/mol. The molecule has 0 spiro atoms. The van der Waals surface area contributed by atoms with Crippen LogP contribution in [0.3, 0.4) is 0 Å². The monoisotopic (exact) mass is 736 g/mol. The molecule has 14 heteroatoms. The summed E-state index contributed by atoms with van der Waals surface area (Å²) in [5, 5.41) is 21.6. The Bertz CT molecular complexity index is 2420. The Morgan fingerprint density at radius 1 is 0.760 bits per heavy atom. The number of carboxylic acid groups (broad SMARTS) is 1. The molecule has 0 aromatic heterocycles. The highest BCUT2D eigenvalue weighted by molar-refractivity contribution is 7.93. The van der Waals surface area contributed by atoms with Crippen LogP contribution in [0.4, 0.5) is 11.4 Å². The van der Waals surface area contributed by atoms with Crippen molar-refractivity contribution in [1.82, 2.24) is 0 Å². The number of nitrogens with one attached hydrogen (secondary N) is 2. The summed E-state index contributed by atoms with van der Waals surface area (Å²) < 4.78 is 63.9. The maximum atomic E-state index is 13.6. The second-order valence-corrected chi connectivity index (χ2v) is 16.3. The van der Waals surface area contributed by atoms with Gasteiger partial charge in [-0.1, -0.05) is 62.7 Å². The van der Waals surface area contributed by atoms with Gasteiger partial charge >= 0.3 is 11.9 Å². The summed E-state index contributed by atoms with van der Waals surface area (Å²) in [6.07, 6.45) is 0. The fourth-order valence-corrected chi connectivity index (χ4v) is 8.25. The molecule has 0 atom stereocenters. The van der Waals surface area contributed by atoms with E-state index in [0.29, 0.717) is 16.3 Å². The first-order chi connectivity index (χ1) is 23.3. The van der Waals surface area contributed by atoms with Gasteiger partial charge in [0, 0.05) is 22.5 Å². The predicted molar refractivity (Wildman–Crippen MR) is 192 cm³/mol. The standard InChI is InChI=1S/C36H33ClN2O9S2/c1-20-16-23(36(3,4)5)17-32(21(20)2)50(46,47)39-25-13-15-27(34(41)42)30(19-25)48-35(43)26-14-12-24(18-29(26)40)38-49(44,45)31-11-7-9-22-8-6-10-28(37)33(22)31/h6-19,38-40H,1-5H3,(H,41,42). The SMILES string of the molecule is Cc1cc(C(C)(C)C)cc(S(=O)(=O)Nc2ccc(C(=O)O)c(OC(=O)c3ccc(NS(=O)(=O)c4cccc5cccc(Cl)c45)cc3O)c2)c1C. The second kappa shape index (κ2) is 13.3. The van der Waals surface area contributed by atoms with Gasteiger partial charge < -0.3 is 14.9 Å². The quantitative estimate of drug-likeness (QED) is 0.0875. The highest BCUT2D eigenvalue weighted by Gasteiger charge is 2.26. The number of fused-ring (bicyclic) bond motifs is 1. The normalized spacial score (nSPS) is 12.0. The number of phenolic OH excluding ortho intramolecular Hbond substituents is 1. The number of hydrogen-bond acceptors (Lipinski definition) is 8. The molecule has 50 heavy (non-hydrogen) atoms. The number of esters is 1. The molecule has 260 valence electrons. The molecular formula is C36H33ClN2O9S2. The van der Waals surface area contributed by atoms with Crippen LogP contribution in [-0.4, -0.2) is 39.0 Å². The molecule has 5 rings (SSSR count). The van der Waals surface area contributed by atoms with Gasteiger partial charge in [0.15, 0.2) is 0 Å². The van der Waals surface area contributed by atoms with Crippen molar-refractivity contribution in [2.45, 2.75) is 49.8 Å². The van der Waals surface area contributed by atoms with Crippen molar-refractivity contribution in [3.63, 3.8) is 0 Å². The number of halogens is 1. The topological polar surface area (TPSA) is 176 Å². The maximum Gasteiger partial charge on any atom is 0.347 e. The minimum absolute atomic E-state index is 0.0347. The average Bonchev–Trinajstić information content (AvgIpc) is 3.01. The molecule has 0 saturated carbocycles. The molecule has 4 N–H and O–H groups in total. The number of carboxylic acids is 1. The van der Waals surface area contributed by atoms with E-state index in [0.717, 1.165) is 35.4 Å². The van der Waals surface area contributed by atoms with Crippen molar-refractivity contribution in [1.29, 1.82) is 0 Å². The van der Waals surface area contributed by atoms with Crippen molar-refractivity contribution in [2.24, 2.45) is 0 Å². The van der Waals surface area contributed by atoms with Crippen molar-refractivity contribution < 1.29 is 41.4 Å². The van der Waals surface area contributed by atoms with Crippen LogP contribution in [0.25, 0.3) is 10.8 Å². The number of benzene rings is 5. The number of hydrogen-bond donors (Lipinski definition) is 4. The van der Waals surface area contributed by atoms with Crippen LogP contribution < -0.4 is 14.2 Å². The summed E-state index contributed by atoms with van der Waals surface area (Å²) in [5.74, 6) is -3.83. The van der Waals surface area contributed by atoms with Gasteiger partial charge in [-0.2, -0.15) is 0 Å². The van der Waals surface area contributed by atoms with E-state index in [1.165, 1.54) is 18.2 Å². The van der Waals surface area contributed by atoms with Crippen molar-refractivity contribution in [3.8, 4) is 11.5 Å². The van der Waals surface area contributed by atoms with Crippen molar-refractivity contribution in [2.75, 3.05) is 9.44 Å². The number of aromatic carboxylic acids is 1. The second-order valence-electron chi connectivity index (χ2n) is 12.6. The lowest BCUT2D eigenvalue weighted by atomic mass is 9.85. The Labute approximate surface area is 294 Å². The van der Waals surface area contributed by atoms with Gasteiger partial charge in [0.05, 0.1) is 21.2 Å². The largest absolute Gasteiger partial charge is 0.507 e. The Hall–Kier alpha value is -5.11. The van der Waals surface area contributed by atoms with Gasteiger partial charge in [-0.05, 0) is 83.8 Å². The number of aryl methyl sites for hydroxylation is 1. The summed E-state index contributed by atoms with van der Waals surface area (Å²) in [6.45, 7) is 9.36. The minimum atomic E-state index is -4.21. The third-order valence-electron chi connectivity index (χ3n) is 8.02. The van der Waals surface area contributed by atoms with Crippen LogP contribution in [-0.2, 0) is 25.5 Å². The summed E-state index contributed by atoms with van der Waals surface area (Å²) in [5.41, 5.74) is 0.700. The van der Waals surface area contributed by atoms with Crippen LogP contribution in [0.15, 0.2) is 94.7 Å². The fourth-order valence-electron chi connectivity index (χ4n) is 5.22. The smallest absolute Gasteiger partial charge is 0.347 e. The number of sulfonamides is 2. The lowest BCUT2D eigenvalue weighted by Gasteiger charge is -2.22. The Balaban J connectivity index is 1.41. The van der Waals surface area contributed by atoms with Crippen LogP contribution in [0.1, 0.15) is 58.2 Å². The molecule has 11 nitrogen and oxygen atoms in total. The van der Waals surface area contributed by atoms with Gasteiger partial charge in [0.25, 0.3) is 20.0 Å². The molecule has 0 aliphatic carbocycles. The molecule has 0 bridgehead atoms. The van der Waals surface area contributed by atoms with Crippen LogP contribution in [0.2, 0.25) is 5.02 Å². The van der Waals surface area contributed by atoms with Gasteiger partial charge in [-0.25, -0.2) is 26.4 Å². The van der Waals surface area contributed by atoms with Crippen LogP contribution >= 0.6 is 11.6 Å². The molecule has 0 heterocycles. The zero-order chi connectivity index (χ0) is 36.8. The molecular weight excluding hydrogens is 704 g/mol. The van der Waals surface area contributed by atoms with Gasteiger partial charge in [-0.3, -0.25) is 9.44 Å². The van der Waals surface area contributed by atoms with E-state index in [2.05, 4.69) is 9.44 Å². The van der Waals surface area contributed by atoms with Gasteiger partial charge in [0.2, 0.25) is 0 Å². The third kappa shape index (κ3) is 7.39. The number of rotatable bonds is 9. The van der Waals surface area contributed by atoms with E-state index in [9.17, 15) is 36.6 Å². The van der Waals surface area contributed by atoms with Gasteiger partial charge in [0.1, 0.15) is 22.6 Å². The minimum Gasteiger partial charge on any atom is -0.507 e. The molecule has 0 fully saturated rings. The summed E-state index contributed by atoms with van der Waals surface area (Å²) in [7, 11) is -8.40. The Kier molecular flexibility index (Phi) is 9.63. The van der Waals surface area contributed by atoms with Crippen LogP contribution in [0, 0.1) is 13.8 Å². The summed E-state index contributed by atoms with van der Waals surface area (Å²) in [6, 6.07) is 19.7. The number of carbonyl (C=O) groups is 2. The van der Waals surface area contributed by atoms with E-state index in [4.69, 9.17) is 16.3 Å². The molecule has 5 aromatic rings. The van der Waals surface area contributed by atoms with E-state index in [1.54, 1.807) is 50.2 Å². The molecule has 0 radical (unpaired) electrons. The number of ether oxygens (including phenoxy) is 1. The lowest BCUT2D eigenvalue weighted by Crippen LogP contribution is -2.18. The van der Waals surface area contributed by atoms with Crippen LogP contribution in [0.5, 0.6) is 11.5 Å². The van der Waals surface area contributed by atoms with E-state index < -0.39 is 54.6 Å². The van der Waals surface area contributed by atoms with Crippen molar-refractivity contribution >= 4 is 65.7 Å². The Morgan fingerprint density at radius 2 is 1.34 bits per heavy atom. The zero-order valence-electron chi connectivity index (χ0n) is 27.5. The third-order valence-corrected chi connectivity index (χ3v) is 11.3. The van der Waals surface area contributed by atoms with Crippen molar-refractivity contribution in [3.05, 3.63) is 118 Å². The highest BCUT2D eigenvalue weighted by atomic mass is 35.5. The van der Waals surface area contributed by atoms with Gasteiger partial charge in [-0.15, -0.1) is 0 Å². The zero-order valence-corrected chi connectivity index (χ0v) is 29.9.